The Bertz CT molecular complexity index is 616. The highest BCUT2D eigenvalue weighted by molar-refractivity contribution is 9.10. The summed E-state index contributed by atoms with van der Waals surface area (Å²) in [6, 6.07) is 10.7. The Morgan fingerprint density at radius 1 is 1.26 bits per heavy atom. The van der Waals surface area contributed by atoms with Gasteiger partial charge in [-0.1, -0.05) is 23.7 Å². The Hall–Kier alpha value is -1.39. The zero-order valence-electron chi connectivity index (χ0n) is 9.70. The maximum Gasteiger partial charge on any atom is 0.201 e. The zero-order valence-corrected chi connectivity index (χ0v) is 12.0. The monoisotopic (exact) mass is 342 g/mol. The van der Waals surface area contributed by atoms with Gasteiger partial charge in [0.15, 0.2) is 6.61 Å². The molecule has 2 aromatic rings. The van der Waals surface area contributed by atoms with E-state index in [1.807, 2.05) is 0 Å². The molecule has 0 N–H and O–H groups in total. The molecule has 2 rings (SSSR count). The number of hydrogen-bond donors (Lipinski definition) is 0. The van der Waals surface area contributed by atoms with E-state index in [0.29, 0.717) is 20.8 Å². The summed E-state index contributed by atoms with van der Waals surface area (Å²) in [6.07, 6.45) is 0. The third-order valence-corrected chi connectivity index (χ3v) is 3.38. The Morgan fingerprint density at radius 3 is 2.68 bits per heavy atom. The van der Waals surface area contributed by atoms with Crippen LogP contribution in [-0.4, -0.2) is 12.4 Å². The molecule has 0 aliphatic rings. The summed E-state index contributed by atoms with van der Waals surface area (Å²) in [4.78, 5) is 11.9. The quantitative estimate of drug-likeness (QED) is 0.764. The normalized spacial score (nSPS) is 10.3. The molecule has 0 unspecified atom stereocenters. The molecule has 0 spiro atoms. The van der Waals surface area contributed by atoms with Crippen molar-refractivity contribution in [2.75, 3.05) is 6.61 Å². The molecule has 0 atom stereocenters. The minimum absolute atomic E-state index is 0.159. The van der Waals surface area contributed by atoms with Crippen molar-refractivity contribution >= 4 is 33.3 Å². The zero-order chi connectivity index (χ0) is 13.8. The van der Waals surface area contributed by atoms with Gasteiger partial charge in [-0.3, -0.25) is 4.79 Å². The number of ether oxygens (including phenoxy) is 1. The highest BCUT2D eigenvalue weighted by Crippen LogP contribution is 2.25. The average molecular weight is 344 g/mol. The van der Waals surface area contributed by atoms with E-state index in [1.54, 1.807) is 24.3 Å². The lowest BCUT2D eigenvalue weighted by Crippen LogP contribution is -2.12. The van der Waals surface area contributed by atoms with Crippen LogP contribution in [0.25, 0.3) is 0 Å². The lowest BCUT2D eigenvalue weighted by atomic mass is 10.1. The van der Waals surface area contributed by atoms with Crippen LogP contribution in [0.3, 0.4) is 0 Å². The second-order valence-electron chi connectivity index (χ2n) is 3.77. The molecule has 0 saturated carbocycles. The summed E-state index contributed by atoms with van der Waals surface area (Å²) in [5, 5.41) is 0.384. The van der Waals surface area contributed by atoms with Crippen molar-refractivity contribution in [2.24, 2.45) is 0 Å². The third-order valence-electron chi connectivity index (χ3n) is 2.43. The molecule has 0 aliphatic carbocycles. The molecular weight excluding hydrogens is 335 g/mol. The van der Waals surface area contributed by atoms with Gasteiger partial charge in [0, 0.05) is 5.56 Å². The number of ketones is 1. The van der Waals surface area contributed by atoms with E-state index < -0.39 is 0 Å². The molecule has 0 amide bonds. The number of hydrogen-bond acceptors (Lipinski definition) is 2. The van der Waals surface area contributed by atoms with E-state index in [0.717, 1.165) is 0 Å². The summed E-state index contributed by atoms with van der Waals surface area (Å²) >= 11 is 9.08. The maximum absolute atomic E-state index is 12.9. The summed E-state index contributed by atoms with van der Waals surface area (Å²) in [6.45, 7) is -0.159. The van der Waals surface area contributed by atoms with Crippen LogP contribution in [0, 0.1) is 5.82 Å². The molecule has 0 heterocycles. The molecule has 0 radical (unpaired) electrons. The number of carbonyl (C=O) groups is 1. The summed E-state index contributed by atoms with van der Waals surface area (Å²) in [5.74, 6) is -0.208. The lowest BCUT2D eigenvalue weighted by molar-refractivity contribution is 0.0921. The minimum atomic E-state index is -0.378. The van der Waals surface area contributed by atoms with Gasteiger partial charge in [-0.05, 0) is 46.3 Å². The van der Waals surface area contributed by atoms with Gasteiger partial charge in [-0.2, -0.15) is 0 Å². The van der Waals surface area contributed by atoms with E-state index in [9.17, 15) is 9.18 Å². The van der Waals surface area contributed by atoms with Gasteiger partial charge in [-0.15, -0.1) is 0 Å². The average Bonchev–Trinajstić information content (AvgIpc) is 2.38. The van der Waals surface area contributed by atoms with Crippen molar-refractivity contribution in [2.45, 2.75) is 0 Å². The van der Waals surface area contributed by atoms with Crippen molar-refractivity contribution < 1.29 is 13.9 Å². The number of Topliss-reactive ketones (excluding diaryl/α,β-unsaturated/α-hetero) is 1. The molecule has 2 aromatic carbocycles. The van der Waals surface area contributed by atoms with E-state index in [-0.39, 0.29) is 18.2 Å². The SMILES string of the molecule is O=C(COc1ccc(F)cc1Br)c1ccccc1Cl. The highest BCUT2D eigenvalue weighted by Gasteiger charge is 2.11. The number of benzene rings is 2. The van der Waals surface area contributed by atoms with Gasteiger partial charge < -0.3 is 4.74 Å². The van der Waals surface area contributed by atoms with Gasteiger partial charge in [0.1, 0.15) is 11.6 Å². The second kappa shape index (κ2) is 6.17. The van der Waals surface area contributed by atoms with Crippen LogP contribution in [0.5, 0.6) is 5.75 Å². The van der Waals surface area contributed by atoms with Crippen molar-refractivity contribution in [3.05, 3.63) is 63.3 Å². The molecule has 98 valence electrons. The molecule has 5 heteroatoms. The molecular formula is C14H9BrClFO2. The standard InChI is InChI=1S/C14H9BrClFO2/c15-11-7-9(17)5-6-14(11)19-8-13(18)10-3-1-2-4-12(10)16/h1-7H,8H2. The fourth-order valence-electron chi connectivity index (χ4n) is 1.50. The maximum atomic E-state index is 12.9. The molecule has 0 aliphatic heterocycles. The van der Waals surface area contributed by atoms with Crippen LogP contribution in [0.1, 0.15) is 10.4 Å². The number of rotatable bonds is 4. The van der Waals surface area contributed by atoms with Crippen molar-refractivity contribution in [3.63, 3.8) is 0 Å². The van der Waals surface area contributed by atoms with E-state index in [1.165, 1.54) is 18.2 Å². The first-order chi connectivity index (χ1) is 9.08. The van der Waals surface area contributed by atoms with Gasteiger partial charge in [-0.25, -0.2) is 4.39 Å². The smallest absolute Gasteiger partial charge is 0.201 e. The Kier molecular flexibility index (Phi) is 4.56. The van der Waals surface area contributed by atoms with Crippen LogP contribution in [0.15, 0.2) is 46.9 Å². The van der Waals surface area contributed by atoms with Crippen LogP contribution in [0.4, 0.5) is 4.39 Å². The van der Waals surface area contributed by atoms with Crippen LogP contribution in [0.2, 0.25) is 5.02 Å². The first-order valence-electron chi connectivity index (χ1n) is 5.43. The minimum Gasteiger partial charge on any atom is -0.484 e. The van der Waals surface area contributed by atoms with Crippen LogP contribution >= 0.6 is 27.5 Å². The Balaban J connectivity index is 2.07. The fourth-order valence-corrected chi connectivity index (χ4v) is 2.21. The third kappa shape index (κ3) is 3.55. The molecule has 0 fully saturated rings. The summed E-state index contributed by atoms with van der Waals surface area (Å²) < 4.78 is 18.7. The Labute approximate surface area is 123 Å². The predicted molar refractivity (Wildman–Crippen MR) is 75.4 cm³/mol. The number of halogens is 3. The summed E-state index contributed by atoms with van der Waals surface area (Å²) in [5.41, 5.74) is 0.405. The fraction of sp³-hybridized carbons (Fsp3) is 0.0714. The number of carbonyl (C=O) groups excluding carboxylic acids is 1. The second-order valence-corrected chi connectivity index (χ2v) is 5.03. The molecule has 2 nitrogen and oxygen atoms in total. The van der Waals surface area contributed by atoms with Crippen LogP contribution < -0.4 is 4.74 Å². The lowest BCUT2D eigenvalue weighted by Gasteiger charge is -2.08. The van der Waals surface area contributed by atoms with Gasteiger partial charge in [0.2, 0.25) is 5.78 Å². The molecule has 19 heavy (non-hydrogen) atoms. The van der Waals surface area contributed by atoms with Crippen molar-refractivity contribution in [1.82, 2.24) is 0 Å². The molecule has 0 saturated heterocycles. The first kappa shape index (κ1) is 14.0. The van der Waals surface area contributed by atoms with Gasteiger partial charge in [0.25, 0.3) is 0 Å². The van der Waals surface area contributed by atoms with Gasteiger partial charge in [0.05, 0.1) is 9.50 Å². The molecule has 0 aromatic heterocycles. The topological polar surface area (TPSA) is 26.3 Å². The van der Waals surface area contributed by atoms with Gasteiger partial charge >= 0.3 is 0 Å². The highest BCUT2D eigenvalue weighted by atomic mass is 79.9. The van der Waals surface area contributed by atoms with Crippen molar-refractivity contribution in [3.8, 4) is 5.75 Å². The van der Waals surface area contributed by atoms with E-state index in [4.69, 9.17) is 16.3 Å². The molecule has 0 bridgehead atoms. The summed E-state index contributed by atoms with van der Waals surface area (Å²) in [7, 11) is 0. The largest absolute Gasteiger partial charge is 0.484 e. The van der Waals surface area contributed by atoms with E-state index >= 15 is 0 Å². The first-order valence-corrected chi connectivity index (χ1v) is 6.60. The van der Waals surface area contributed by atoms with Crippen LogP contribution in [-0.2, 0) is 0 Å². The predicted octanol–water partition coefficient (Wildman–Crippen LogP) is 4.50. The Morgan fingerprint density at radius 2 is 2.00 bits per heavy atom. The van der Waals surface area contributed by atoms with E-state index in [2.05, 4.69) is 15.9 Å². The van der Waals surface area contributed by atoms with Crippen molar-refractivity contribution in [1.29, 1.82) is 0 Å².